The fraction of sp³-hybridized carbons (Fsp3) is 0.444. The van der Waals surface area contributed by atoms with Gasteiger partial charge in [-0.2, -0.15) is 8.78 Å². The van der Waals surface area contributed by atoms with E-state index in [4.69, 9.17) is 4.42 Å². The van der Waals surface area contributed by atoms with Crippen molar-refractivity contribution in [3.05, 3.63) is 59.2 Å². The maximum atomic E-state index is 13.6. The molecule has 1 saturated carbocycles. The Hall–Kier alpha value is -3.73. The Balaban J connectivity index is 1.23. The smallest absolute Gasteiger partial charge is 0.314 e. The van der Waals surface area contributed by atoms with Crippen molar-refractivity contribution in [3.63, 3.8) is 0 Å². The van der Waals surface area contributed by atoms with E-state index in [0.29, 0.717) is 16.8 Å². The average molecular weight is 523 g/mol. The van der Waals surface area contributed by atoms with Crippen LogP contribution in [0.4, 0.5) is 14.5 Å². The van der Waals surface area contributed by atoms with Gasteiger partial charge in [-0.15, -0.1) is 10.2 Å². The first-order valence-corrected chi connectivity index (χ1v) is 12.6. The minimum absolute atomic E-state index is 0.0182. The van der Waals surface area contributed by atoms with Gasteiger partial charge in [0.15, 0.2) is 0 Å². The molecule has 3 aromatic rings. The zero-order valence-electron chi connectivity index (χ0n) is 21.4. The summed E-state index contributed by atoms with van der Waals surface area (Å²) in [5, 5.41) is 6.93. The number of amides is 2. The molecule has 9 nitrogen and oxygen atoms in total. The van der Waals surface area contributed by atoms with Crippen molar-refractivity contribution in [3.8, 4) is 11.5 Å². The number of halogens is 2. The van der Waals surface area contributed by atoms with Crippen LogP contribution in [-0.4, -0.2) is 69.0 Å². The van der Waals surface area contributed by atoms with Gasteiger partial charge < -0.3 is 9.32 Å². The number of hydrogen-bond acceptors (Lipinski definition) is 8. The minimum atomic E-state index is -2.86. The molecule has 1 spiro atoms. The molecule has 2 aromatic heterocycles. The summed E-state index contributed by atoms with van der Waals surface area (Å²) in [6, 6.07) is 9.01. The third-order valence-corrected chi connectivity index (χ3v) is 8.14. The van der Waals surface area contributed by atoms with E-state index in [0.717, 1.165) is 30.9 Å². The van der Waals surface area contributed by atoms with E-state index >= 15 is 0 Å². The first kappa shape index (κ1) is 24.6. The number of hydrogen-bond donors (Lipinski definition) is 0. The van der Waals surface area contributed by atoms with Crippen LogP contribution in [0.2, 0.25) is 0 Å². The Morgan fingerprint density at radius 1 is 1.08 bits per heavy atom. The number of rotatable bonds is 5. The second-order valence-corrected chi connectivity index (χ2v) is 10.9. The maximum absolute atomic E-state index is 13.6. The molecule has 4 heterocycles. The van der Waals surface area contributed by atoms with Crippen LogP contribution in [0.15, 0.2) is 40.9 Å². The van der Waals surface area contributed by atoms with Crippen LogP contribution >= 0.6 is 0 Å². The standard InChI is InChI=1S/C27H28F2N6O3/c1-26(2)20-12-18(34-11-10-33(3)27(15-34)8-9-27)6-7-19(20)24(36)35(25(26)37)14-17-5-4-16(13-30-17)22-31-32-23(38-22)21(28)29/h4-7,12-13,21H,8-11,14-15H2,1-3H3. The molecule has 1 aliphatic carbocycles. The highest BCUT2D eigenvalue weighted by Crippen LogP contribution is 2.45. The predicted octanol–water partition coefficient (Wildman–Crippen LogP) is 3.81. The molecular formula is C27H28F2N6O3. The number of carbonyl (C=O) groups is 2. The van der Waals surface area contributed by atoms with E-state index < -0.39 is 17.7 Å². The fourth-order valence-electron chi connectivity index (χ4n) is 5.48. The summed E-state index contributed by atoms with van der Waals surface area (Å²) in [6.45, 7) is 6.51. The summed E-state index contributed by atoms with van der Waals surface area (Å²) in [7, 11) is 2.18. The van der Waals surface area contributed by atoms with Crippen LogP contribution in [-0.2, 0) is 16.8 Å². The lowest BCUT2D eigenvalue weighted by Crippen LogP contribution is -2.54. The van der Waals surface area contributed by atoms with Crippen molar-refractivity contribution >= 4 is 17.5 Å². The van der Waals surface area contributed by atoms with Gasteiger partial charge in [0.2, 0.25) is 11.8 Å². The zero-order valence-corrected chi connectivity index (χ0v) is 21.4. The number of fused-ring (bicyclic) bond motifs is 1. The highest BCUT2D eigenvalue weighted by molar-refractivity contribution is 6.13. The normalized spacial score (nSPS) is 20.4. The summed E-state index contributed by atoms with van der Waals surface area (Å²) in [4.78, 5) is 37.4. The zero-order chi connectivity index (χ0) is 26.8. The Labute approximate surface area is 218 Å². The van der Waals surface area contributed by atoms with Crippen molar-refractivity contribution in [1.82, 2.24) is 25.0 Å². The molecule has 0 bridgehead atoms. The van der Waals surface area contributed by atoms with E-state index in [9.17, 15) is 18.4 Å². The van der Waals surface area contributed by atoms with E-state index in [-0.39, 0.29) is 29.8 Å². The van der Waals surface area contributed by atoms with Crippen molar-refractivity contribution in [1.29, 1.82) is 0 Å². The van der Waals surface area contributed by atoms with Crippen LogP contribution in [0.5, 0.6) is 0 Å². The molecule has 0 N–H and O–H groups in total. The van der Waals surface area contributed by atoms with Gasteiger partial charge in [-0.25, -0.2) is 0 Å². The van der Waals surface area contributed by atoms with Crippen LogP contribution in [0.3, 0.4) is 0 Å². The molecule has 1 saturated heterocycles. The van der Waals surface area contributed by atoms with Gasteiger partial charge in [0.25, 0.3) is 11.8 Å². The maximum Gasteiger partial charge on any atom is 0.314 e. The summed E-state index contributed by atoms with van der Waals surface area (Å²) in [6.07, 6.45) is 0.926. The number of benzene rings is 1. The number of nitrogens with zero attached hydrogens (tertiary/aromatic N) is 6. The number of piperazine rings is 1. The number of carbonyl (C=O) groups excluding carboxylic acids is 2. The van der Waals surface area contributed by atoms with Crippen LogP contribution in [0.1, 0.15) is 60.6 Å². The number of imide groups is 1. The lowest BCUT2D eigenvalue weighted by atomic mass is 9.77. The SMILES string of the molecule is CN1CCN(c2ccc3c(c2)C(C)(C)C(=O)N(Cc2ccc(-c4nnc(C(F)F)o4)cn2)C3=O)CC12CC2. The van der Waals surface area contributed by atoms with Crippen LogP contribution in [0, 0.1) is 0 Å². The monoisotopic (exact) mass is 522 g/mol. The van der Waals surface area contributed by atoms with E-state index in [2.05, 4.69) is 32.0 Å². The fourth-order valence-corrected chi connectivity index (χ4v) is 5.48. The largest absolute Gasteiger partial charge is 0.415 e. The molecule has 0 atom stereocenters. The van der Waals surface area contributed by atoms with Gasteiger partial charge in [0.1, 0.15) is 0 Å². The molecule has 0 unspecified atom stereocenters. The number of aromatic nitrogens is 3. The Kier molecular flexibility index (Phi) is 5.60. The number of pyridine rings is 1. The molecule has 6 rings (SSSR count). The van der Waals surface area contributed by atoms with E-state index in [1.165, 1.54) is 23.9 Å². The molecule has 2 aliphatic heterocycles. The Morgan fingerprint density at radius 3 is 2.53 bits per heavy atom. The number of likely N-dealkylation sites (N-methyl/N-ethyl adjacent to an activating group) is 1. The summed E-state index contributed by atoms with van der Waals surface area (Å²) in [5.41, 5.74) is 2.46. The minimum Gasteiger partial charge on any atom is -0.415 e. The predicted molar refractivity (Wildman–Crippen MR) is 134 cm³/mol. The quantitative estimate of drug-likeness (QED) is 0.467. The number of anilines is 1. The topological polar surface area (TPSA) is 95.7 Å². The van der Waals surface area contributed by atoms with Crippen LogP contribution in [0.25, 0.3) is 11.5 Å². The average Bonchev–Trinajstić information content (AvgIpc) is 3.49. The molecule has 1 aromatic carbocycles. The molecule has 198 valence electrons. The van der Waals surface area contributed by atoms with Gasteiger partial charge in [-0.05, 0) is 69.6 Å². The lowest BCUT2D eigenvalue weighted by Gasteiger charge is -2.42. The molecule has 11 heteroatoms. The molecule has 3 aliphatic rings. The number of alkyl halides is 2. The first-order valence-electron chi connectivity index (χ1n) is 12.6. The second kappa shape index (κ2) is 8.65. The summed E-state index contributed by atoms with van der Waals surface area (Å²) >= 11 is 0. The highest BCUT2D eigenvalue weighted by atomic mass is 19.3. The summed E-state index contributed by atoms with van der Waals surface area (Å²) in [5.74, 6) is -1.51. The molecule has 2 amide bonds. The van der Waals surface area contributed by atoms with Gasteiger partial charge >= 0.3 is 6.43 Å². The van der Waals surface area contributed by atoms with Gasteiger partial charge in [-0.1, -0.05) is 0 Å². The van der Waals surface area contributed by atoms with Crippen molar-refractivity contribution < 1.29 is 22.8 Å². The molecule has 0 radical (unpaired) electrons. The third kappa shape index (κ3) is 3.96. The van der Waals surface area contributed by atoms with Crippen molar-refractivity contribution in [2.45, 2.75) is 50.6 Å². The Morgan fingerprint density at radius 2 is 1.87 bits per heavy atom. The van der Waals surface area contributed by atoms with E-state index in [1.54, 1.807) is 12.1 Å². The van der Waals surface area contributed by atoms with E-state index in [1.807, 2.05) is 32.0 Å². The van der Waals surface area contributed by atoms with Crippen LogP contribution < -0.4 is 4.90 Å². The molecule has 2 fully saturated rings. The van der Waals surface area contributed by atoms with Gasteiger partial charge in [0, 0.05) is 42.6 Å². The Bertz CT molecular complexity index is 1420. The van der Waals surface area contributed by atoms with Gasteiger partial charge in [-0.3, -0.25) is 24.4 Å². The summed E-state index contributed by atoms with van der Waals surface area (Å²) < 4.78 is 30.4. The highest BCUT2D eigenvalue weighted by Gasteiger charge is 2.50. The second-order valence-electron chi connectivity index (χ2n) is 10.9. The van der Waals surface area contributed by atoms with Crippen molar-refractivity contribution in [2.24, 2.45) is 0 Å². The van der Waals surface area contributed by atoms with Crippen molar-refractivity contribution in [2.75, 3.05) is 31.6 Å². The third-order valence-electron chi connectivity index (χ3n) is 8.14. The molecular weight excluding hydrogens is 494 g/mol. The van der Waals surface area contributed by atoms with Gasteiger partial charge in [0.05, 0.1) is 23.2 Å². The lowest BCUT2D eigenvalue weighted by molar-refractivity contribution is -0.134. The first-order chi connectivity index (χ1) is 18.1. The molecule has 38 heavy (non-hydrogen) atoms.